The molecule has 0 bridgehead atoms. The van der Waals surface area contributed by atoms with Crippen LogP contribution in [0.1, 0.15) is 37.7 Å². The van der Waals surface area contributed by atoms with Crippen molar-refractivity contribution in [1.29, 1.82) is 0 Å². The van der Waals surface area contributed by atoms with Crippen LogP contribution in [0, 0.1) is 11.8 Å². The largest absolute Gasteiger partial charge is 0.356 e. The standard InChI is InChI=1S/C21H28N6O2S/c1-21(2,3)18-7-19(23-13-22-18)26-8-15-10-27(11-16(15)9-26)20-6-14-12-30(28,29)5-4-17(14)24-25-20/h6-7,13,15-16H,4-5,8-12H2,1-3H3. The minimum atomic E-state index is -3.01. The van der Waals surface area contributed by atoms with Gasteiger partial charge in [-0.3, -0.25) is 0 Å². The first-order valence-electron chi connectivity index (χ1n) is 10.6. The zero-order valence-electron chi connectivity index (χ0n) is 17.7. The molecular formula is C21H28N6O2S. The molecule has 160 valence electrons. The van der Waals surface area contributed by atoms with Crippen LogP contribution in [0.4, 0.5) is 11.6 Å². The number of fused-ring (bicyclic) bond motifs is 2. The fraction of sp³-hybridized carbons (Fsp3) is 0.619. The lowest BCUT2D eigenvalue weighted by Crippen LogP contribution is -2.30. The Morgan fingerprint density at radius 3 is 2.27 bits per heavy atom. The molecule has 0 N–H and O–H groups in total. The molecule has 2 aromatic heterocycles. The van der Waals surface area contributed by atoms with Crippen LogP contribution in [0.3, 0.4) is 0 Å². The highest BCUT2D eigenvalue weighted by Crippen LogP contribution is 2.36. The Labute approximate surface area is 177 Å². The van der Waals surface area contributed by atoms with Gasteiger partial charge in [-0.2, -0.15) is 5.10 Å². The van der Waals surface area contributed by atoms with E-state index >= 15 is 0 Å². The second-order valence-electron chi connectivity index (χ2n) is 9.86. The maximum absolute atomic E-state index is 12.0. The van der Waals surface area contributed by atoms with Gasteiger partial charge in [-0.05, 0) is 11.6 Å². The van der Waals surface area contributed by atoms with Crippen molar-refractivity contribution in [3.05, 3.63) is 35.4 Å². The van der Waals surface area contributed by atoms with Crippen molar-refractivity contribution in [2.75, 3.05) is 41.7 Å². The molecule has 8 nitrogen and oxygen atoms in total. The van der Waals surface area contributed by atoms with Crippen LogP contribution in [0.5, 0.6) is 0 Å². The molecule has 5 heterocycles. The smallest absolute Gasteiger partial charge is 0.154 e. The molecule has 2 aromatic rings. The Kier molecular flexibility index (Phi) is 4.50. The van der Waals surface area contributed by atoms with E-state index in [-0.39, 0.29) is 16.9 Å². The van der Waals surface area contributed by atoms with E-state index in [1.165, 1.54) is 0 Å². The Balaban J connectivity index is 1.29. The molecule has 0 saturated carbocycles. The molecule has 0 aliphatic carbocycles. The van der Waals surface area contributed by atoms with Crippen LogP contribution in [-0.2, 0) is 27.4 Å². The molecule has 2 saturated heterocycles. The average Bonchev–Trinajstić information content (AvgIpc) is 3.25. The van der Waals surface area contributed by atoms with Gasteiger partial charge in [0.05, 0.1) is 22.9 Å². The highest BCUT2D eigenvalue weighted by atomic mass is 32.2. The van der Waals surface area contributed by atoms with Gasteiger partial charge < -0.3 is 9.80 Å². The zero-order valence-corrected chi connectivity index (χ0v) is 18.6. The van der Waals surface area contributed by atoms with Gasteiger partial charge in [0.15, 0.2) is 15.7 Å². The molecule has 2 atom stereocenters. The predicted octanol–water partition coefficient (Wildman–Crippen LogP) is 1.61. The summed E-state index contributed by atoms with van der Waals surface area (Å²) in [7, 11) is -3.01. The van der Waals surface area contributed by atoms with Gasteiger partial charge in [-0.25, -0.2) is 18.4 Å². The quantitative estimate of drug-likeness (QED) is 0.712. The Morgan fingerprint density at radius 2 is 1.60 bits per heavy atom. The van der Waals surface area contributed by atoms with Crippen LogP contribution in [0.2, 0.25) is 0 Å². The van der Waals surface area contributed by atoms with Gasteiger partial charge >= 0.3 is 0 Å². The van der Waals surface area contributed by atoms with Crippen molar-refractivity contribution in [1.82, 2.24) is 20.2 Å². The average molecular weight is 429 g/mol. The van der Waals surface area contributed by atoms with Crippen LogP contribution in [0.25, 0.3) is 0 Å². The van der Waals surface area contributed by atoms with E-state index in [1.807, 2.05) is 6.07 Å². The van der Waals surface area contributed by atoms with Gasteiger partial charge in [-0.15, -0.1) is 5.10 Å². The van der Waals surface area contributed by atoms with E-state index in [1.54, 1.807) is 6.33 Å². The van der Waals surface area contributed by atoms with E-state index in [4.69, 9.17) is 0 Å². The highest BCUT2D eigenvalue weighted by molar-refractivity contribution is 7.90. The SMILES string of the molecule is CC(C)(C)c1cc(N2CC3CN(c4cc5c(nn4)CCS(=O)(=O)C5)CC3C2)ncn1. The third kappa shape index (κ3) is 3.64. The van der Waals surface area contributed by atoms with E-state index in [9.17, 15) is 8.42 Å². The van der Waals surface area contributed by atoms with Crippen LogP contribution in [0.15, 0.2) is 18.5 Å². The Hall–Kier alpha value is -2.29. The topological polar surface area (TPSA) is 92.2 Å². The highest BCUT2D eigenvalue weighted by Gasteiger charge is 2.41. The minimum Gasteiger partial charge on any atom is -0.356 e. The molecule has 5 rings (SSSR count). The fourth-order valence-corrected chi connectivity index (χ4v) is 6.17. The second-order valence-corrected chi connectivity index (χ2v) is 12.0. The Morgan fingerprint density at radius 1 is 0.933 bits per heavy atom. The van der Waals surface area contributed by atoms with E-state index in [0.717, 1.165) is 54.8 Å². The molecule has 0 spiro atoms. The molecule has 2 fully saturated rings. The summed E-state index contributed by atoms with van der Waals surface area (Å²) >= 11 is 0. The second kappa shape index (κ2) is 6.87. The number of aryl methyl sites for hydroxylation is 1. The van der Waals surface area contributed by atoms with Gasteiger partial charge in [0.1, 0.15) is 12.1 Å². The lowest BCUT2D eigenvalue weighted by atomic mass is 9.92. The van der Waals surface area contributed by atoms with Crippen molar-refractivity contribution in [3.8, 4) is 0 Å². The van der Waals surface area contributed by atoms with Gasteiger partial charge in [-0.1, -0.05) is 20.8 Å². The minimum absolute atomic E-state index is 0.00266. The summed E-state index contributed by atoms with van der Waals surface area (Å²) in [6.07, 6.45) is 2.15. The third-order valence-corrected chi connectivity index (χ3v) is 8.10. The number of nitrogens with zero attached hydrogens (tertiary/aromatic N) is 6. The summed E-state index contributed by atoms with van der Waals surface area (Å²) < 4.78 is 24.0. The third-order valence-electron chi connectivity index (χ3n) is 6.53. The molecule has 3 aliphatic heterocycles. The molecule has 3 aliphatic rings. The van der Waals surface area contributed by atoms with Crippen molar-refractivity contribution >= 4 is 21.5 Å². The van der Waals surface area contributed by atoms with Gasteiger partial charge in [0, 0.05) is 55.9 Å². The summed E-state index contributed by atoms with van der Waals surface area (Å²) in [6.45, 7) is 10.3. The van der Waals surface area contributed by atoms with Crippen molar-refractivity contribution in [3.63, 3.8) is 0 Å². The summed E-state index contributed by atoms with van der Waals surface area (Å²) in [4.78, 5) is 13.6. The van der Waals surface area contributed by atoms with E-state index < -0.39 is 9.84 Å². The molecule has 0 radical (unpaired) electrons. The first kappa shape index (κ1) is 19.7. The number of hydrogen-bond acceptors (Lipinski definition) is 8. The zero-order chi connectivity index (χ0) is 21.1. The number of aromatic nitrogens is 4. The summed E-state index contributed by atoms with van der Waals surface area (Å²) in [5.41, 5.74) is 2.71. The van der Waals surface area contributed by atoms with Gasteiger partial charge in [0.25, 0.3) is 0 Å². The number of sulfone groups is 1. The first-order valence-corrected chi connectivity index (χ1v) is 12.4. The number of anilines is 2. The van der Waals surface area contributed by atoms with Crippen molar-refractivity contribution < 1.29 is 8.42 Å². The normalized spacial score (nSPS) is 25.3. The lowest BCUT2D eigenvalue weighted by molar-refractivity contribution is 0.533. The number of hydrogen-bond donors (Lipinski definition) is 0. The first-order chi connectivity index (χ1) is 14.2. The van der Waals surface area contributed by atoms with Gasteiger partial charge in [0.2, 0.25) is 0 Å². The molecule has 30 heavy (non-hydrogen) atoms. The van der Waals surface area contributed by atoms with E-state index in [2.05, 4.69) is 56.8 Å². The monoisotopic (exact) mass is 428 g/mol. The fourth-order valence-electron chi connectivity index (χ4n) is 4.79. The predicted molar refractivity (Wildman–Crippen MR) is 115 cm³/mol. The maximum atomic E-state index is 12.0. The lowest BCUT2D eigenvalue weighted by Gasteiger charge is -2.25. The maximum Gasteiger partial charge on any atom is 0.154 e. The molecule has 0 amide bonds. The summed E-state index contributed by atoms with van der Waals surface area (Å²) in [6, 6.07) is 4.06. The summed E-state index contributed by atoms with van der Waals surface area (Å²) in [5, 5.41) is 8.75. The number of rotatable bonds is 2. The van der Waals surface area contributed by atoms with Crippen molar-refractivity contribution in [2.24, 2.45) is 11.8 Å². The van der Waals surface area contributed by atoms with Crippen LogP contribution >= 0.6 is 0 Å². The molecule has 9 heteroatoms. The Bertz CT molecular complexity index is 1070. The van der Waals surface area contributed by atoms with E-state index in [0.29, 0.717) is 18.3 Å². The molecule has 2 unspecified atom stereocenters. The van der Waals surface area contributed by atoms with Crippen LogP contribution < -0.4 is 9.80 Å². The summed E-state index contributed by atoms with van der Waals surface area (Å²) in [5.74, 6) is 3.17. The van der Waals surface area contributed by atoms with Crippen LogP contribution in [-0.4, -0.2) is 60.5 Å². The molecular weight excluding hydrogens is 400 g/mol. The van der Waals surface area contributed by atoms with Crippen molar-refractivity contribution in [2.45, 2.75) is 38.4 Å². The molecule has 0 aromatic carbocycles.